The zero-order valence-electron chi connectivity index (χ0n) is 16.3. The predicted octanol–water partition coefficient (Wildman–Crippen LogP) is 4.41. The zero-order chi connectivity index (χ0) is 19.5. The number of benzene rings is 2. The second-order valence-corrected chi connectivity index (χ2v) is 7.49. The third-order valence-electron chi connectivity index (χ3n) is 4.56. The van der Waals surface area contributed by atoms with Gasteiger partial charge >= 0.3 is 0 Å². The van der Waals surface area contributed by atoms with Crippen molar-refractivity contribution in [2.75, 3.05) is 19.8 Å². The van der Waals surface area contributed by atoms with Crippen molar-refractivity contribution in [3.05, 3.63) is 63.3 Å². The van der Waals surface area contributed by atoms with Crippen LogP contribution in [0.5, 0.6) is 11.5 Å². The molecule has 144 valence electrons. The molecule has 3 aromatic rings. The van der Waals surface area contributed by atoms with E-state index in [4.69, 9.17) is 14.6 Å². The van der Waals surface area contributed by atoms with Crippen molar-refractivity contribution in [1.29, 1.82) is 0 Å². The van der Waals surface area contributed by atoms with Crippen LogP contribution in [0.15, 0.2) is 51.9 Å². The average Bonchev–Trinajstić information content (AvgIpc) is 3.11. The van der Waals surface area contributed by atoms with Crippen molar-refractivity contribution >= 4 is 17.6 Å². The Morgan fingerprint density at radius 2 is 1.89 bits per heavy atom. The molecule has 0 bridgehead atoms. The summed E-state index contributed by atoms with van der Waals surface area (Å²) in [5, 5.41) is 6.87. The van der Waals surface area contributed by atoms with Crippen molar-refractivity contribution < 1.29 is 9.47 Å². The van der Waals surface area contributed by atoms with Gasteiger partial charge in [0.2, 0.25) is 4.80 Å². The second kappa shape index (κ2) is 8.02. The first-order valence-corrected chi connectivity index (χ1v) is 10.3. The van der Waals surface area contributed by atoms with Gasteiger partial charge in [-0.25, -0.2) is 4.68 Å². The van der Waals surface area contributed by atoms with Crippen LogP contribution in [0.2, 0.25) is 0 Å². The molecule has 2 aromatic carbocycles. The van der Waals surface area contributed by atoms with Crippen LogP contribution in [0.3, 0.4) is 0 Å². The topological polar surface area (TPSA) is 48.1 Å². The summed E-state index contributed by atoms with van der Waals surface area (Å²) in [6, 6.07) is 12.4. The molecule has 0 spiro atoms. The van der Waals surface area contributed by atoms with E-state index in [0.29, 0.717) is 19.8 Å². The first-order chi connectivity index (χ1) is 13.7. The average molecular weight is 394 g/mol. The van der Waals surface area contributed by atoms with Crippen molar-refractivity contribution in [1.82, 2.24) is 4.68 Å². The maximum Gasteiger partial charge on any atom is 0.206 e. The summed E-state index contributed by atoms with van der Waals surface area (Å²) < 4.78 is 13.3. The van der Waals surface area contributed by atoms with Crippen LogP contribution < -0.4 is 14.3 Å². The molecule has 0 amide bonds. The molecule has 5 nitrogen and oxygen atoms in total. The largest absolute Gasteiger partial charge is 0.486 e. The molecule has 1 aliphatic rings. The molecule has 0 aliphatic carbocycles. The third-order valence-corrected chi connectivity index (χ3v) is 5.42. The Labute approximate surface area is 168 Å². The molecule has 4 rings (SSSR count). The number of hydrogen-bond acceptors (Lipinski definition) is 5. The lowest BCUT2D eigenvalue weighted by molar-refractivity contribution is 0.171. The lowest BCUT2D eigenvalue weighted by Crippen LogP contribution is -2.15. The van der Waals surface area contributed by atoms with Gasteiger partial charge in [-0.2, -0.15) is 5.10 Å². The van der Waals surface area contributed by atoms with E-state index in [2.05, 4.69) is 42.4 Å². The van der Waals surface area contributed by atoms with E-state index in [-0.39, 0.29) is 0 Å². The highest BCUT2D eigenvalue weighted by molar-refractivity contribution is 7.07. The smallest absolute Gasteiger partial charge is 0.206 e. The summed E-state index contributed by atoms with van der Waals surface area (Å²) in [6.45, 7) is 8.08. The van der Waals surface area contributed by atoms with Gasteiger partial charge in [-0.05, 0) is 50.1 Å². The van der Waals surface area contributed by atoms with E-state index >= 15 is 0 Å². The molecular formula is C22H23N3O2S. The molecule has 6 heteroatoms. The van der Waals surface area contributed by atoms with Gasteiger partial charge in [-0.15, -0.1) is 11.3 Å². The van der Waals surface area contributed by atoms with Gasteiger partial charge in [-0.3, -0.25) is 4.99 Å². The Kier molecular flexibility index (Phi) is 5.30. The number of thiazole rings is 1. The molecule has 1 aromatic heterocycles. The van der Waals surface area contributed by atoms with Gasteiger partial charge < -0.3 is 9.47 Å². The molecule has 2 heterocycles. The van der Waals surface area contributed by atoms with Gasteiger partial charge in [0.15, 0.2) is 11.5 Å². The summed E-state index contributed by atoms with van der Waals surface area (Å²) in [4.78, 5) is 5.47. The van der Waals surface area contributed by atoms with Gasteiger partial charge in [0, 0.05) is 17.5 Å². The highest BCUT2D eigenvalue weighted by Gasteiger charge is 2.15. The molecule has 0 unspecified atom stereocenters. The number of hydrogen-bond donors (Lipinski definition) is 0. The van der Waals surface area contributed by atoms with E-state index in [1.807, 2.05) is 36.0 Å². The predicted molar refractivity (Wildman–Crippen MR) is 114 cm³/mol. The number of nitrogens with zero attached hydrogens (tertiary/aromatic N) is 3. The highest BCUT2D eigenvalue weighted by Crippen LogP contribution is 2.34. The minimum absolute atomic E-state index is 0.571. The van der Waals surface area contributed by atoms with Crippen LogP contribution >= 0.6 is 11.3 Å². The van der Waals surface area contributed by atoms with Crippen molar-refractivity contribution in [3.8, 4) is 22.8 Å². The zero-order valence-corrected chi connectivity index (χ0v) is 17.1. The molecule has 0 atom stereocenters. The number of fused-ring (bicyclic) bond motifs is 1. The Morgan fingerprint density at radius 3 is 2.71 bits per heavy atom. The highest BCUT2D eigenvalue weighted by atomic mass is 32.1. The van der Waals surface area contributed by atoms with Crippen molar-refractivity contribution in [2.45, 2.75) is 20.8 Å². The molecule has 0 saturated carbocycles. The van der Waals surface area contributed by atoms with E-state index in [1.54, 1.807) is 11.3 Å². The quantitative estimate of drug-likeness (QED) is 0.617. The van der Waals surface area contributed by atoms with E-state index in [1.165, 1.54) is 11.1 Å². The number of aryl methyl sites for hydroxylation is 2. The SMILES string of the molecule is CCN=c1scc(-c2ccc3c(c2)OCCO3)n1N=Cc1cc(C)ccc1C. The lowest BCUT2D eigenvalue weighted by Gasteiger charge is -2.18. The molecule has 0 N–H and O–H groups in total. The summed E-state index contributed by atoms with van der Waals surface area (Å²) in [7, 11) is 0. The molecule has 0 fully saturated rings. The Morgan fingerprint density at radius 1 is 1.07 bits per heavy atom. The van der Waals surface area contributed by atoms with Crippen LogP contribution in [0.1, 0.15) is 23.6 Å². The van der Waals surface area contributed by atoms with E-state index in [9.17, 15) is 0 Å². The normalized spacial score (nSPS) is 14.0. The van der Waals surface area contributed by atoms with Gasteiger partial charge in [0.05, 0.1) is 11.9 Å². The molecule has 1 aliphatic heterocycles. The second-order valence-electron chi connectivity index (χ2n) is 6.65. The summed E-state index contributed by atoms with van der Waals surface area (Å²) in [5.74, 6) is 1.56. The standard InChI is InChI=1S/C22H23N3O2S/c1-4-23-22-25(24-13-18-11-15(2)5-6-16(18)3)19(14-28-22)17-7-8-20-21(12-17)27-10-9-26-20/h5-8,11-14H,4,9-10H2,1-3H3. The first kappa shape index (κ1) is 18.5. The minimum atomic E-state index is 0.571. The van der Waals surface area contributed by atoms with E-state index in [0.717, 1.165) is 33.1 Å². The first-order valence-electron chi connectivity index (χ1n) is 9.38. The molecule has 0 saturated heterocycles. The van der Waals surface area contributed by atoms with Crippen molar-refractivity contribution in [2.24, 2.45) is 10.1 Å². The van der Waals surface area contributed by atoms with Crippen LogP contribution in [-0.4, -0.2) is 30.6 Å². The van der Waals surface area contributed by atoms with Crippen LogP contribution in [0, 0.1) is 13.8 Å². The lowest BCUT2D eigenvalue weighted by atomic mass is 10.1. The molecule has 0 radical (unpaired) electrons. The maximum atomic E-state index is 5.75. The van der Waals surface area contributed by atoms with Crippen molar-refractivity contribution in [3.63, 3.8) is 0 Å². The van der Waals surface area contributed by atoms with Crippen LogP contribution in [-0.2, 0) is 0 Å². The fourth-order valence-corrected chi connectivity index (χ4v) is 3.98. The Balaban J connectivity index is 1.79. The van der Waals surface area contributed by atoms with Crippen LogP contribution in [0.25, 0.3) is 11.3 Å². The summed E-state index contributed by atoms with van der Waals surface area (Å²) in [6.07, 6.45) is 1.91. The van der Waals surface area contributed by atoms with E-state index < -0.39 is 0 Å². The minimum Gasteiger partial charge on any atom is -0.486 e. The Hall–Kier alpha value is -2.86. The number of ether oxygens (including phenoxy) is 2. The fourth-order valence-electron chi connectivity index (χ4n) is 3.07. The molecular weight excluding hydrogens is 370 g/mol. The maximum absolute atomic E-state index is 5.75. The fraction of sp³-hybridized carbons (Fsp3) is 0.273. The summed E-state index contributed by atoms with van der Waals surface area (Å²) in [5.41, 5.74) is 5.52. The van der Waals surface area contributed by atoms with Crippen LogP contribution in [0.4, 0.5) is 0 Å². The molecule has 28 heavy (non-hydrogen) atoms. The number of rotatable bonds is 4. The van der Waals surface area contributed by atoms with Gasteiger partial charge in [0.25, 0.3) is 0 Å². The third kappa shape index (κ3) is 3.73. The van der Waals surface area contributed by atoms with Gasteiger partial charge in [0.1, 0.15) is 13.2 Å². The summed E-state index contributed by atoms with van der Waals surface area (Å²) >= 11 is 1.59. The van der Waals surface area contributed by atoms with Gasteiger partial charge in [-0.1, -0.05) is 23.8 Å². The monoisotopic (exact) mass is 393 g/mol. The number of aromatic nitrogens is 1. The Bertz CT molecular complexity index is 1100.